The highest BCUT2D eigenvalue weighted by Crippen LogP contribution is 2.43. The van der Waals surface area contributed by atoms with E-state index >= 15 is 0 Å². The normalized spacial score (nSPS) is 19.2. The second-order valence-corrected chi connectivity index (χ2v) is 17.9. The molecule has 0 amide bonds. The Morgan fingerprint density at radius 2 is 1.54 bits per heavy atom. The number of hydrogen-bond acceptors (Lipinski definition) is 3. The number of carbonyl (C=O) groups is 1. The quantitative estimate of drug-likeness (QED) is 0.242. The first kappa shape index (κ1) is 28.2. The van der Waals surface area contributed by atoms with Crippen LogP contribution in [0.4, 0.5) is 0 Å². The molecule has 196 valence electrons. The van der Waals surface area contributed by atoms with Gasteiger partial charge in [0, 0.05) is 24.5 Å². The third-order valence-corrected chi connectivity index (χ3v) is 14.3. The van der Waals surface area contributed by atoms with E-state index in [1.807, 2.05) is 0 Å². The van der Waals surface area contributed by atoms with Crippen LogP contribution >= 0.6 is 0 Å². The highest BCUT2D eigenvalue weighted by molar-refractivity contribution is 6.77. The van der Waals surface area contributed by atoms with Crippen molar-refractivity contribution >= 4 is 14.1 Å². The summed E-state index contributed by atoms with van der Waals surface area (Å²) in [5.74, 6) is 2.53. The van der Waals surface area contributed by atoms with Gasteiger partial charge in [-0.15, -0.1) is 0 Å². The van der Waals surface area contributed by atoms with Crippen molar-refractivity contribution in [3.8, 4) is 0 Å². The van der Waals surface area contributed by atoms with Crippen molar-refractivity contribution in [1.29, 1.82) is 0 Å². The molecule has 3 rings (SSSR count). The van der Waals surface area contributed by atoms with Crippen molar-refractivity contribution in [2.45, 2.75) is 111 Å². The third-order valence-electron chi connectivity index (χ3n) is 8.14. The van der Waals surface area contributed by atoms with Crippen molar-refractivity contribution in [2.24, 2.45) is 17.8 Å². The zero-order chi connectivity index (χ0) is 25.8. The third kappa shape index (κ3) is 7.10. The van der Waals surface area contributed by atoms with E-state index in [4.69, 9.17) is 9.16 Å². The standard InChI is InChI=1S/C31H50O3Si/c1-21(2)20-33-30-19-28(31(32)29(30)18-26-12-13-26)17-27-11-9-10-25(16-27)14-15-34-35(22(3)4,23(5)6)24(7)8/h9-11,16,21-24,26,28H,12-15,17-20H2,1-8H3. The Labute approximate surface area is 216 Å². The van der Waals surface area contributed by atoms with Gasteiger partial charge in [0.05, 0.1) is 6.61 Å². The Morgan fingerprint density at radius 1 is 0.914 bits per heavy atom. The smallest absolute Gasteiger partial charge is 0.200 e. The van der Waals surface area contributed by atoms with E-state index < -0.39 is 8.32 Å². The van der Waals surface area contributed by atoms with Gasteiger partial charge in [0.25, 0.3) is 0 Å². The van der Waals surface area contributed by atoms with Gasteiger partial charge in [-0.05, 0) is 71.7 Å². The molecule has 3 nitrogen and oxygen atoms in total. The zero-order valence-corrected chi connectivity index (χ0v) is 24.7. The molecule has 0 aliphatic heterocycles. The summed E-state index contributed by atoms with van der Waals surface area (Å²) in [6, 6.07) is 8.84. The first-order valence-corrected chi connectivity index (χ1v) is 16.3. The van der Waals surface area contributed by atoms with Gasteiger partial charge in [-0.25, -0.2) is 0 Å². The molecule has 0 aromatic heterocycles. The van der Waals surface area contributed by atoms with Crippen molar-refractivity contribution in [2.75, 3.05) is 13.2 Å². The molecule has 1 unspecified atom stereocenters. The summed E-state index contributed by atoms with van der Waals surface area (Å²) in [4.78, 5) is 13.3. The van der Waals surface area contributed by atoms with E-state index in [0.717, 1.165) is 43.6 Å². The van der Waals surface area contributed by atoms with Gasteiger partial charge in [-0.3, -0.25) is 4.79 Å². The van der Waals surface area contributed by atoms with E-state index in [0.29, 0.717) is 40.8 Å². The predicted octanol–water partition coefficient (Wildman–Crippen LogP) is 8.28. The Bertz CT molecular complexity index is 857. The van der Waals surface area contributed by atoms with Crippen LogP contribution in [-0.4, -0.2) is 27.3 Å². The van der Waals surface area contributed by atoms with Gasteiger partial charge in [0.15, 0.2) is 14.1 Å². The van der Waals surface area contributed by atoms with Crippen molar-refractivity contribution in [1.82, 2.24) is 0 Å². The molecule has 1 aromatic carbocycles. The molecule has 0 N–H and O–H groups in total. The van der Waals surface area contributed by atoms with Gasteiger partial charge in [0.1, 0.15) is 5.76 Å². The highest BCUT2D eigenvalue weighted by atomic mass is 28.4. The fourth-order valence-corrected chi connectivity index (χ4v) is 11.7. The van der Waals surface area contributed by atoms with Gasteiger partial charge in [-0.2, -0.15) is 0 Å². The van der Waals surface area contributed by atoms with Gasteiger partial charge < -0.3 is 9.16 Å². The fourth-order valence-electron chi connectivity index (χ4n) is 6.27. The molecule has 1 atom stereocenters. The summed E-state index contributed by atoms with van der Waals surface area (Å²) in [7, 11) is -1.84. The van der Waals surface area contributed by atoms with Gasteiger partial charge in [0.2, 0.25) is 0 Å². The number of ether oxygens (including phenoxy) is 1. The number of hydrogen-bond donors (Lipinski definition) is 0. The minimum atomic E-state index is -1.84. The van der Waals surface area contributed by atoms with Gasteiger partial charge in [-0.1, -0.05) is 79.7 Å². The summed E-state index contributed by atoms with van der Waals surface area (Å²) in [6.07, 6.45) is 5.95. The Kier molecular flexibility index (Phi) is 9.85. The second-order valence-electron chi connectivity index (χ2n) is 12.5. The minimum Gasteiger partial charge on any atom is -0.497 e. The number of Topliss-reactive ketones (excluding diaryl/α,β-unsaturated/α-hetero) is 1. The molecule has 0 radical (unpaired) electrons. The number of benzene rings is 1. The monoisotopic (exact) mass is 498 g/mol. The summed E-state index contributed by atoms with van der Waals surface area (Å²) in [5.41, 5.74) is 5.39. The maximum Gasteiger partial charge on any atom is 0.200 e. The van der Waals surface area contributed by atoms with Crippen molar-refractivity contribution in [3.05, 3.63) is 46.7 Å². The highest BCUT2D eigenvalue weighted by Gasteiger charge is 2.44. The maximum atomic E-state index is 13.3. The second kappa shape index (κ2) is 12.2. The minimum absolute atomic E-state index is 0.0280. The van der Waals surface area contributed by atoms with Crippen LogP contribution in [0.25, 0.3) is 0 Å². The molecule has 1 aromatic rings. The molecule has 1 saturated carbocycles. The summed E-state index contributed by atoms with van der Waals surface area (Å²) in [5, 5.41) is 0. The fraction of sp³-hybridized carbons (Fsp3) is 0.710. The molecule has 0 bridgehead atoms. The number of allylic oxidation sites excluding steroid dienone is 2. The molecule has 35 heavy (non-hydrogen) atoms. The summed E-state index contributed by atoms with van der Waals surface area (Å²) >= 11 is 0. The molecule has 0 spiro atoms. The Balaban J connectivity index is 1.62. The Morgan fingerprint density at radius 3 is 2.11 bits per heavy atom. The van der Waals surface area contributed by atoms with Crippen LogP contribution in [0, 0.1) is 17.8 Å². The van der Waals surface area contributed by atoms with E-state index in [1.165, 1.54) is 24.0 Å². The first-order chi connectivity index (χ1) is 16.5. The molecule has 2 aliphatic rings. The van der Waals surface area contributed by atoms with Crippen LogP contribution in [0.1, 0.15) is 92.2 Å². The largest absolute Gasteiger partial charge is 0.497 e. The Hall–Kier alpha value is -1.39. The van der Waals surface area contributed by atoms with Crippen LogP contribution in [-0.2, 0) is 26.8 Å². The maximum absolute atomic E-state index is 13.3. The first-order valence-electron chi connectivity index (χ1n) is 14.1. The number of rotatable bonds is 14. The average molecular weight is 499 g/mol. The molecular formula is C31H50O3Si. The van der Waals surface area contributed by atoms with Crippen LogP contribution < -0.4 is 0 Å². The van der Waals surface area contributed by atoms with E-state index in [2.05, 4.69) is 79.7 Å². The van der Waals surface area contributed by atoms with Crippen LogP contribution in [0.15, 0.2) is 35.6 Å². The van der Waals surface area contributed by atoms with Crippen LogP contribution in [0.2, 0.25) is 16.6 Å². The van der Waals surface area contributed by atoms with E-state index in [9.17, 15) is 4.79 Å². The summed E-state index contributed by atoms with van der Waals surface area (Å²) < 4.78 is 12.9. The van der Waals surface area contributed by atoms with Gasteiger partial charge >= 0.3 is 0 Å². The van der Waals surface area contributed by atoms with E-state index in [1.54, 1.807) is 0 Å². The molecular weight excluding hydrogens is 448 g/mol. The number of ketones is 1. The predicted molar refractivity (Wildman–Crippen MR) is 149 cm³/mol. The lowest BCUT2D eigenvalue weighted by molar-refractivity contribution is -0.118. The van der Waals surface area contributed by atoms with Crippen molar-refractivity contribution < 1.29 is 14.0 Å². The lowest BCUT2D eigenvalue weighted by Gasteiger charge is -2.42. The lowest BCUT2D eigenvalue weighted by Crippen LogP contribution is -2.48. The molecule has 4 heteroatoms. The van der Waals surface area contributed by atoms with Crippen molar-refractivity contribution in [3.63, 3.8) is 0 Å². The molecule has 0 heterocycles. The summed E-state index contributed by atoms with van der Waals surface area (Å²) in [6.45, 7) is 19.9. The van der Waals surface area contributed by atoms with Crippen LogP contribution in [0.5, 0.6) is 0 Å². The molecule has 1 fully saturated rings. The molecule has 0 saturated heterocycles. The SMILES string of the molecule is CC(C)COC1=C(CC2CC2)C(=O)C(Cc2cccc(CCO[Si](C(C)C)(C(C)C)C(C)C)c2)C1. The molecule has 2 aliphatic carbocycles. The average Bonchev–Trinajstić information content (AvgIpc) is 3.55. The topological polar surface area (TPSA) is 35.5 Å². The lowest BCUT2D eigenvalue weighted by atomic mass is 9.93. The van der Waals surface area contributed by atoms with E-state index in [-0.39, 0.29) is 5.92 Å². The number of carbonyl (C=O) groups excluding carboxylic acids is 1. The zero-order valence-electron chi connectivity index (χ0n) is 23.7. The van der Waals surface area contributed by atoms with Crippen LogP contribution in [0.3, 0.4) is 0 Å².